The van der Waals surface area contributed by atoms with E-state index in [9.17, 15) is 4.79 Å². The molecule has 6 heteroatoms. The van der Waals surface area contributed by atoms with Crippen LogP contribution in [-0.4, -0.2) is 53.7 Å². The fourth-order valence-electron chi connectivity index (χ4n) is 2.76. The number of carbonyl (C=O) groups excluding carboxylic acids is 1. The molecule has 0 N–H and O–H groups in total. The summed E-state index contributed by atoms with van der Waals surface area (Å²) in [5.74, 6) is 0.620. The van der Waals surface area contributed by atoms with Gasteiger partial charge in [0.1, 0.15) is 0 Å². The Balaban J connectivity index is 1.63. The minimum Gasteiger partial charge on any atom is -0.379 e. The maximum absolute atomic E-state index is 12.7. The molecule has 1 aliphatic heterocycles. The van der Waals surface area contributed by atoms with E-state index >= 15 is 0 Å². The lowest BCUT2D eigenvalue weighted by atomic mass is 10.2. The Hall–Kier alpha value is -2.18. The standard InChI is InChI=1S/C18H23N3O3/c1-2-21(13-15-6-4-3-5-7-15)18(22)17-12-16(24-19-17)14-20-8-10-23-11-9-20/h3-7,12H,2,8-11,13-14H2,1H3. The summed E-state index contributed by atoms with van der Waals surface area (Å²) in [6.07, 6.45) is 0. The highest BCUT2D eigenvalue weighted by Crippen LogP contribution is 2.13. The van der Waals surface area contributed by atoms with E-state index in [0.29, 0.717) is 25.3 Å². The van der Waals surface area contributed by atoms with Crippen LogP contribution in [0, 0.1) is 0 Å². The zero-order valence-electron chi connectivity index (χ0n) is 14.0. The van der Waals surface area contributed by atoms with E-state index in [1.807, 2.05) is 37.3 Å². The fraction of sp³-hybridized carbons (Fsp3) is 0.444. The molecule has 3 rings (SSSR count). The van der Waals surface area contributed by atoms with Crippen LogP contribution >= 0.6 is 0 Å². The lowest BCUT2D eigenvalue weighted by molar-refractivity contribution is 0.0305. The summed E-state index contributed by atoms with van der Waals surface area (Å²) < 4.78 is 10.7. The molecular formula is C18H23N3O3. The molecule has 2 heterocycles. The molecule has 1 saturated heterocycles. The van der Waals surface area contributed by atoms with Crippen molar-refractivity contribution in [1.82, 2.24) is 15.0 Å². The second-order valence-electron chi connectivity index (χ2n) is 5.87. The van der Waals surface area contributed by atoms with Crippen LogP contribution in [0.1, 0.15) is 28.7 Å². The molecule has 0 bridgehead atoms. The smallest absolute Gasteiger partial charge is 0.276 e. The van der Waals surface area contributed by atoms with E-state index in [2.05, 4.69) is 10.1 Å². The molecule has 0 spiro atoms. The van der Waals surface area contributed by atoms with Gasteiger partial charge in [0.05, 0.1) is 19.8 Å². The Kier molecular flexibility index (Phi) is 5.61. The van der Waals surface area contributed by atoms with Crippen molar-refractivity contribution in [1.29, 1.82) is 0 Å². The Morgan fingerprint density at radius 3 is 2.71 bits per heavy atom. The van der Waals surface area contributed by atoms with Crippen LogP contribution in [0.5, 0.6) is 0 Å². The molecule has 1 aromatic carbocycles. The van der Waals surface area contributed by atoms with Gasteiger partial charge in [-0.2, -0.15) is 0 Å². The summed E-state index contributed by atoms with van der Waals surface area (Å²) in [5, 5.41) is 3.97. The van der Waals surface area contributed by atoms with Gasteiger partial charge in [-0.15, -0.1) is 0 Å². The number of rotatable bonds is 6. The highest BCUT2D eigenvalue weighted by atomic mass is 16.5. The second-order valence-corrected chi connectivity index (χ2v) is 5.87. The number of aromatic nitrogens is 1. The number of morpholine rings is 1. The molecule has 128 valence electrons. The first kappa shape index (κ1) is 16.7. The van der Waals surface area contributed by atoms with Crippen molar-refractivity contribution in [3.05, 3.63) is 53.4 Å². The normalized spacial score (nSPS) is 15.4. The molecular weight excluding hydrogens is 306 g/mol. The van der Waals surface area contributed by atoms with Gasteiger partial charge in [-0.1, -0.05) is 35.5 Å². The maximum Gasteiger partial charge on any atom is 0.276 e. The lowest BCUT2D eigenvalue weighted by Gasteiger charge is -2.25. The number of carbonyl (C=O) groups is 1. The lowest BCUT2D eigenvalue weighted by Crippen LogP contribution is -2.35. The molecule has 0 saturated carbocycles. The second kappa shape index (κ2) is 8.08. The van der Waals surface area contributed by atoms with Crippen LogP contribution in [0.25, 0.3) is 0 Å². The molecule has 0 unspecified atom stereocenters. The molecule has 24 heavy (non-hydrogen) atoms. The van der Waals surface area contributed by atoms with E-state index in [4.69, 9.17) is 9.26 Å². The van der Waals surface area contributed by atoms with Crippen molar-refractivity contribution < 1.29 is 14.1 Å². The number of nitrogens with zero attached hydrogens (tertiary/aromatic N) is 3. The van der Waals surface area contributed by atoms with Gasteiger partial charge in [0.15, 0.2) is 11.5 Å². The summed E-state index contributed by atoms with van der Waals surface area (Å²) in [4.78, 5) is 16.7. The summed E-state index contributed by atoms with van der Waals surface area (Å²) in [6.45, 7) is 7.05. The molecule has 2 aromatic rings. The molecule has 1 fully saturated rings. The number of amides is 1. The Labute approximate surface area is 142 Å². The van der Waals surface area contributed by atoms with Gasteiger partial charge in [-0.05, 0) is 12.5 Å². The van der Waals surface area contributed by atoms with Gasteiger partial charge in [0.2, 0.25) is 0 Å². The number of ether oxygens (including phenoxy) is 1. The predicted molar refractivity (Wildman–Crippen MR) is 89.5 cm³/mol. The Bertz CT molecular complexity index is 651. The predicted octanol–water partition coefficient (Wildman–Crippen LogP) is 2.17. The molecule has 1 aliphatic rings. The van der Waals surface area contributed by atoms with E-state index < -0.39 is 0 Å². The maximum atomic E-state index is 12.7. The third kappa shape index (κ3) is 4.21. The average molecular weight is 329 g/mol. The first-order valence-corrected chi connectivity index (χ1v) is 8.35. The molecule has 0 radical (unpaired) electrons. The van der Waals surface area contributed by atoms with Crippen molar-refractivity contribution >= 4 is 5.91 Å². The van der Waals surface area contributed by atoms with Crippen LogP contribution in [0.2, 0.25) is 0 Å². The van der Waals surface area contributed by atoms with Crippen LogP contribution in [0.4, 0.5) is 0 Å². The van der Waals surface area contributed by atoms with Gasteiger partial charge in [-0.3, -0.25) is 9.69 Å². The highest BCUT2D eigenvalue weighted by molar-refractivity contribution is 5.92. The first-order valence-electron chi connectivity index (χ1n) is 8.35. The Morgan fingerprint density at radius 2 is 2.00 bits per heavy atom. The van der Waals surface area contributed by atoms with Crippen LogP contribution in [0.15, 0.2) is 40.9 Å². The third-order valence-corrected chi connectivity index (χ3v) is 4.15. The Morgan fingerprint density at radius 1 is 1.25 bits per heavy atom. The average Bonchev–Trinajstić information content (AvgIpc) is 3.09. The van der Waals surface area contributed by atoms with Crippen LogP contribution < -0.4 is 0 Å². The number of hydrogen-bond donors (Lipinski definition) is 0. The van der Waals surface area contributed by atoms with E-state index in [-0.39, 0.29) is 5.91 Å². The number of hydrogen-bond acceptors (Lipinski definition) is 5. The van der Waals surface area contributed by atoms with E-state index in [0.717, 1.165) is 37.6 Å². The minimum atomic E-state index is -0.0988. The van der Waals surface area contributed by atoms with Crippen LogP contribution in [-0.2, 0) is 17.8 Å². The highest BCUT2D eigenvalue weighted by Gasteiger charge is 2.20. The molecule has 1 aromatic heterocycles. The summed E-state index contributed by atoms with van der Waals surface area (Å²) in [6, 6.07) is 11.7. The van der Waals surface area contributed by atoms with Crippen molar-refractivity contribution in [2.75, 3.05) is 32.8 Å². The van der Waals surface area contributed by atoms with Crippen molar-refractivity contribution in [3.63, 3.8) is 0 Å². The fourth-order valence-corrected chi connectivity index (χ4v) is 2.76. The zero-order valence-corrected chi connectivity index (χ0v) is 14.0. The molecule has 0 atom stereocenters. The van der Waals surface area contributed by atoms with Gasteiger partial charge >= 0.3 is 0 Å². The summed E-state index contributed by atoms with van der Waals surface area (Å²) >= 11 is 0. The monoisotopic (exact) mass is 329 g/mol. The van der Waals surface area contributed by atoms with Gasteiger partial charge in [-0.25, -0.2) is 0 Å². The van der Waals surface area contributed by atoms with Crippen molar-refractivity contribution in [3.8, 4) is 0 Å². The van der Waals surface area contributed by atoms with Crippen LogP contribution in [0.3, 0.4) is 0 Å². The summed E-state index contributed by atoms with van der Waals surface area (Å²) in [7, 11) is 0. The molecule has 1 amide bonds. The molecule has 0 aliphatic carbocycles. The third-order valence-electron chi connectivity index (χ3n) is 4.15. The van der Waals surface area contributed by atoms with E-state index in [1.165, 1.54) is 0 Å². The first-order chi connectivity index (χ1) is 11.8. The van der Waals surface area contributed by atoms with Crippen molar-refractivity contribution in [2.24, 2.45) is 0 Å². The van der Waals surface area contributed by atoms with Crippen molar-refractivity contribution in [2.45, 2.75) is 20.0 Å². The van der Waals surface area contributed by atoms with Gasteiger partial charge in [0.25, 0.3) is 5.91 Å². The summed E-state index contributed by atoms with van der Waals surface area (Å²) in [5.41, 5.74) is 1.47. The van der Waals surface area contributed by atoms with Gasteiger partial charge in [0, 0.05) is 32.2 Å². The number of benzene rings is 1. The van der Waals surface area contributed by atoms with Gasteiger partial charge < -0.3 is 14.2 Å². The SMILES string of the molecule is CCN(Cc1ccccc1)C(=O)c1cc(CN2CCOCC2)on1. The minimum absolute atomic E-state index is 0.0988. The largest absolute Gasteiger partial charge is 0.379 e. The molecule has 6 nitrogen and oxygen atoms in total. The zero-order chi connectivity index (χ0) is 16.8. The topological polar surface area (TPSA) is 58.8 Å². The quantitative estimate of drug-likeness (QED) is 0.813. The van der Waals surface area contributed by atoms with E-state index in [1.54, 1.807) is 11.0 Å².